The zero-order valence-electron chi connectivity index (χ0n) is 9.92. The Kier molecular flexibility index (Phi) is 5.02. The molecule has 0 bridgehead atoms. The van der Waals surface area contributed by atoms with Gasteiger partial charge in [-0.25, -0.2) is 0 Å². The first-order valence-electron chi connectivity index (χ1n) is 5.49. The SMILES string of the molecule is CSc1nnc(SCC(=O)N2CCC(=O)CC2)s1. The van der Waals surface area contributed by atoms with Crippen LogP contribution in [0.2, 0.25) is 0 Å². The molecule has 1 saturated heterocycles. The van der Waals surface area contributed by atoms with Crippen molar-refractivity contribution in [2.24, 2.45) is 0 Å². The molecule has 0 aromatic carbocycles. The highest BCUT2D eigenvalue weighted by Crippen LogP contribution is 2.27. The molecule has 1 aliphatic rings. The van der Waals surface area contributed by atoms with Gasteiger partial charge in [-0.15, -0.1) is 10.2 Å². The van der Waals surface area contributed by atoms with Gasteiger partial charge in [0.15, 0.2) is 8.68 Å². The van der Waals surface area contributed by atoms with E-state index in [0.717, 1.165) is 8.68 Å². The lowest BCUT2D eigenvalue weighted by molar-refractivity contribution is -0.132. The first-order valence-corrected chi connectivity index (χ1v) is 8.51. The average molecular weight is 303 g/mol. The normalized spacial score (nSPS) is 16.1. The third kappa shape index (κ3) is 3.69. The highest BCUT2D eigenvalue weighted by molar-refractivity contribution is 8.03. The standard InChI is InChI=1S/C10H13N3O2S3/c1-16-9-11-12-10(18-9)17-6-8(15)13-4-2-7(14)3-5-13/h2-6H2,1H3. The Bertz CT molecular complexity index is 439. The fourth-order valence-corrected chi connectivity index (χ4v) is 3.90. The number of thioether (sulfide) groups is 2. The summed E-state index contributed by atoms with van der Waals surface area (Å²) in [5.74, 6) is 0.700. The van der Waals surface area contributed by atoms with E-state index >= 15 is 0 Å². The van der Waals surface area contributed by atoms with Gasteiger partial charge in [-0.2, -0.15) is 0 Å². The van der Waals surface area contributed by atoms with Crippen LogP contribution in [0.5, 0.6) is 0 Å². The number of rotatable bonds is 4. The molecule has 2 rings (SSSR count). The van der Waals surface area contributed by atoms with Gasteiger partial charge in [0, 0.05) is 25.9 Å². The monoisotopic (exact) mass is 303 g/mol. The molecule has 5 nitrogen and oxygen atoms in total. The van der Waals surface area contributed by atoms with E-state index in [2.05, 4.69) is 10.2 Å². The molecule has 0 spiro atoms. The maximum atomic E-state index is 11.9. The highest BCUT2D eigenvalue weighted by atomic mass is 32.2. The number of carbonyl (C=O) groups excluding carboxylic acids is 2. The molecule has 98 valence electrons. The lowest BCUT2D eigenvalue weighted by Crippen LogP contribution is -2.39. The van der Waals surface area contributed by atoms with Crippen LogP contribution in [-0.4, -0.2) is 51.9 Å². The van der Waals surface area contributed by atoms with Gasteiger partial charge < -0.3 is 4.90 Å². The minimum absolute atomic E-state index is 0.0772. The van der Waals surface area contributed by atoms with E-state index in [1.807, 2.05) is 6.26 Å². The van der Waals surface area contributed by atoms with Crippen molar-refractivity contribution in [2.45, 2.75) is 21.5 Å². The maximum Gasteiger partial charge on any atom is 0.233 e. The third-order valence-corrected chi connectivity index (χ3v) is 5.57. The Labute approximate surface area is 118 Å². The summed E-state index contributed by atoms with van der Waals surface area (Å²) in [5.41, 5.74) is 0. The summed E-state index contributed by atoms with van der Waals surface area (Å²) < 4.78 is 1.73. The van der Waals surface area contributed by atoms with Crippen LogP contribution in [-0.2, 0) is 9.59 Å². The zero-order valence-corrected chi connectivity index (χ0v) is 12.4. The van der Waals surface area contributed by atoms with Gasteiger partial charge in [0.05, 0.1) is 5.75 Å². The maximum absolute atomic E-state index is 11.9. The lowest BCUT2D eigenvalue weighted by atomic mass is 10.1. The van der Waals surface area contributed by atoms with Crippen molar-refractivity contribution >= 4 is 46.6 Å². The molecule has 1 amide bonds. The molecule has 0 unspecified atom stereocenters. The molecule has 0 N–H and O–H groups in total. The summed E-state index contributed by atoms with van der Waals surface area (Å²) >= 11 is 4.47. The van der Waals surface area contributed by atoms with E-state index in [0.29, 0.717) is 31.7 Å². The van der Waals surface area contributed by atoms with Gasteiger partial charge in [0.25, 0.3) is 0 Å². The molecule has 1 fully saturated rings. The summed E-state index contributed by atoms with van der Waals surface area (Å²) in [6, 6.07) is 0. The summed E-state index contributed by atoms with van der Waals surface area (Å²) in [6.07, 6.45) is 2.93. The summed E-state index contributed by atoms with van der Waals surface area (Å²) in [7, 11) is 0. The number of hydrogen-bond acceptors (Lipinski definition) is 7. The molecule has 1 aromatic rings. The van der Waals surface area contributed by atoms with Crippen LogP contribution < -0.4 is 0 Å². The van der Waals surface area contributed by atoms with E-state index in [1.54, 1.807) is 16.7 Å². The van der Waals surface area contributed by atoms with Crippen LogP contribution in [0.15, 0.2) is 8.68 Å². The molecule has 8 heteroatoms. The Hall–Kier alpha value is -0.600. The molecule has 0 radical (unpaired) electrons. The van der Waals surface area contributed by atoms with Gasteiger partial charge >= 0.3 is 0 Å². The number of carbonyl (C=O) groups is 2. The number of ketones is 1. The first kappa shape index (κ1) is 13.8. The van der Waals surface area contributed by atoms with Crippen molar-refractivity contribution < 1.29 is 9.59 Å². The largest absolute Gasteiger partial charge is 0.341 e. The fraction of sp³-hybridized carbons (Fsp3) is 0.600. The van der Waals surface area contributed by atoms with Crippen LogP contribution in [0.25, 0.3) is 0 Å². The van der Waals surface area contributed by atoms with Crippen LogP contribution in [0.3, 0.4) is 0 Å². The average Bonchev–Trinajstić information content (AvgIpc) is 2.85. The quantitative estimate of drug-likeness (QED) is 0.786. The minimum atomic E-state index is 0.0772. The van der Waals surface area contributed by atoms with E-state index in [1.165, 1.54) is 23.1 Å². The van der Waals surface area contributed by atoms with Crippen molar-refractivity contribution in [1.82, 2.24) is 15.1 Å². The van der Waals surface area contributed by atoms with Gasteiger partial charge in [-0.1, -0.05) is 34.9 Å². The summed E-state index contributed by atoms with van der Waals surface area (Å²) in [4.78, 5) is 24.7. The smallest absolute Gasteiger partial charge is 0.233 e. The number of piperidine rings is 1. The van der Waals surface area contributed by atoms with Crippen molar-refractivity contribution in [3.63, 3.8) is 0 Å². The predicted octanol–water partition coefficient (Wildman–Crippen LogP) is 1.54. The van der Waals surface area contributed by atoms with Crippen LogP contribution >= 0.6 is 34.9 Å². The third-order valence-electron chi connectivity index (χ3n) is 2.56. The van der Waals surface area contributed by atoms with E-state index in [4.69, 9.17) is 0 Å². The molecule has 1 aromatic heterocycles. The number of Topliss-reactive ketones (excluding diaryl/α,β-unsaturated/α-hetero) is 1. The second kappa shape index (κ2) is 6.53. The van der Waals surface area contributed by atoms with E-state index in [-0.39, 0.29) is 11.7 Å². The number of nitrogens with zero attached hydrogens (tertiary/aromatic N) is 3. The molecule has 0 saturated carbocycles. The lowest BCUT2D eigenvalue weighted by Gasteiger charge is -2.25. The highest BCUT2D eigenvalue weighted by Gasteiger charge is 2.21. The predicted molar refractivity (Wildman–Crippen MR) is 73.2 cm³/mol. The van der Waals surface area contributed by atoms with Crippen LogP contribution in [0.1, 0.15) is 12.8 Å². The van der Waals surface area contributed by atoms with Gasteiger partial charge in [-0.3, -0.25) is 9.59 Å². The molecule has 18 heavy (non-hydrogen) atoms. The fourth-order valence-electron chi connectivity index (χ4n) is 1.56. The Morgan fingerprint density at radius 3 is 2.61 bits per heavy atom. The number of aromatic nitrogens is 2. The first-order chi connectivity index (χ1) is 8.69. The Morgan fingerprint density at radius 2 is 2.00 bits per heavy atom. The van der Waals surface area contributed by atoms with E-state index in [9.17, 15) is 9.59 Å². The number of likely N-dealkylation sites (tertiary alicyclic amines) is 1. The second-order valence-electron chi connectivity index (χ2n) is 3.75. The zero-order chi connectivity index (χ0) is 13.0. The van der Waals surface area contributed by atoms with Crippen molar-refractivity contribution in [2.75, 3.05) is 25.1 Å². The number of hydrogen-bond donors (Lipinski definition) is 0. The van der Waals surface area contributed by atoms with Crippen LogP contribution in [0.4, 0.5) is 0 Å². The van der Waals surface area contributed by atoms with Crippen molar-refractivity contribution in [3.8, 4) is 0 Å². The molecule has 0 aliphatic carbocycles. The number of amides is 1. The van der Waals surface area contributed by atoms with Crippen LogP contribution in [0, 0.1) is 0 Å². The Morgan fingerprint density at radius 1 is 1.33 bits per heavy atom. The van der Waals surface area contributed by atoms with Gasteiger partial charge in [0.1, 0.15) is 5.78 Å². The van der Waals surface area contributed by atoms with Gasteiger partial charge in [0.2, 0.25) is 5.91 Å². The van der Waals surface area contributed by atoms with Crippen molar-refractivity contribution in [1.29, 1.82) is 0 Å². The Balaban J connectivity index is 1.79. The summed E-state index contributed by atoms with van der Waals surface area (Å²) in [5, 5.41) is 7.98. The molecule has 1 aliphatic heterocycles. The molecular formula is C10H13N3O2S3. The van der Waals surface area contributed by atoms with Gasteiger partial charge in [-0.05, 0) is 6.26 Å². The minimum Gasteiger partial charge on any atom is -0.341 e. The molecule has 2 heterocycles. The molecular weight excluding hydrogens is 290 g/mol. The van der Waals surface area contributed by atoms with E-state index < -0.39 is 0 Å². The molecule has 0 atom stereocenters. The summed E-state index contributed by atoms with van der Waals surface area (Å²) in [6.45, 7) is 1.12. The van der Waals surface area contributed by atoms with Crippen molar-refractivity contribution in [3.05, 3.63) is 0 Å². The topological polar surface area (TPSA) is 63.2 Å². The second-order valence-corrected chi connectivity index (χ2v) is 7.00.